The Hall–Kier alpha value is -8.68. The number of benzene rings is 6. The van der Waals surface area contributed by atoms with Crippen molar-refractivity contribution in [1.82, 2.24) is 49.5 Å². The molecule has 5 aromatic heterocycles. The SMILES string of the molecule is Clc1ccnc(Cl)n1.Clc1nccc(N2CCC[C@@H]2COc2cccc3ccccc23)n1.NNc1nccc(N2CCC[C@@H]2COc2cccc3ccccc23)n1.c1ccc2c(OC[C@H]3CCCN3c3ccn4cnnc4n3)cccc2c1. The van der Waals surface area contributed by atoms with Gasteiger partial charge in [-0.1, -0.05) is 121 Å². The normalized spacial score (nSPS) is 16.4. The predicted molar refractivity (Wildman–Crippen MR) is 329 cm³/mol. The van der Waals surface area contributed by atoms with Crippen LogP contribution in [0.5, 0.6) is 17.2 Å². The fraction of sp³-hybridized carbons (Fsp3) is 0.242. The van der Waals surface area contributed by atoms with E-state index in [1.165, 1.54) is 22.4 Å². The van der Waals surface area contributed by atoms with Crippen molar-refractivity contribution in [3.05, 3.63) is 198 Å². The summed E-state index contributed by atoms with van der Waals surface area (Å²) < 4.78 is 20.4. The number of hydrogen-bond donors (Lipinski definition) is 2. The summed E-state index contributed by atoms with van der Waals surface area (Å²) in [5.74, 6) is 12.0. The third-order valence-electron chi connectivity index (χ3n) is 14.7. The van der Waals surface area contributed by atoms with Gasteiger partial charge >= 0.3 is 0 Å². The quantitative estimate of drug-likeness (QED) is 0.0478. The summed E-state index contributed by atoms with van der Waals surface area (Å²) in [6.45, 7) is 4.83. The molecular formula is C62H60Cl3N15O3. The molecule has 3 aliphatic heterocycles. The lowest BCUT2D eigenvalue weighted by Gasteiger charge is -2.26. The number of anilines is 4. The van der Waals surface area contributed by atoms with Gasteiger partial charge in [-0.3, -0.25) is 9.83 Å². The van der Waals surface area contributed by atoms with Gasteiger partial charge in [0.1, 0.15) is 66.0 Å². The van der Waals surface area contributed by atoms with Crippen molar-refractivity contribution in [3.63, 3.8) is 0 Å². The van der Waals surface area contributed by atoms with E-state index in [9.17, 15) is 0 Å². The average molecular weight is 1170 g/mol. The highest BCUT2D eigenvalue weighted by molar-refractivity contribution is 6.31. The molecule has 422 valence electrons. The second-order valence-electron chi connectivity index (χ2n) is 19.9. The first-order valence-electron chi connectivity index (χ1n) is 27.5. The minimum atomic E-state index is 0.178. The van der Waals surface area contributed by atoms with E-state index in [2.05, 4.69) is 132 Å². The van der Waals surface area contributed by atoms with E-state index >= 15 is 0 Å². The number of fused-ring (bicyclic) bond motifs is 4. The Kier molecular flexibility index (Phi) is 18.5. The Morgan fingerprint density at radius 2 is 0.904 bits per heavy atom. The summed E-state index contributed by atoms with van der Waals surface area (Å²) in [5, 5.41) is 15.8. The standard InChI is InChI=1S/C20H19N5O.C19H18ClN3O.C19H21N5O.C4H2Cl2N2/c1-2-8-17-15(5-1)6-3-9-18(17)26-13-16-7-4-11-25(16)19-10-12-24-14-21-23-20(24)22-19;20-19-21-11-10-18(22-19)23-12-4-7-15(23)13-24-17-9-3-6-14-5-1-2-8-16(14)17;20-23-19-21-11-10-18(22-19)24-12-4-7-15(24)13-25-17-9-3-6-14-5-1-2-8-16(14)17;5-3-1-2-7-4(6)8-3/h1-3,5-6,8-10,12,14,16H,4,7,11,13H2;1-3,5-6,8-11,15H,4,7,12-13H2;1-3,5-6,8-11,15H,4,7,12-13,20H2,(H,21,22,23);1-2H/t16-;2*15-;/m111./s1. The van der Waals surface area contributed by atoms with Crippen LogP contribution in [0.2, 0.25) is 15.7 Å². The van der Waals surface area contributed by atoms with E-state index in [-0.39, 0.29) is 10.6 Å². The van der Waals surface area contributed by atoms with Crippen molar-refractivity contribution in [2.75, 3.05) is 59.6 Å². The number of ether oxygens (including phenoxy) is 3. The zero-order valence-electron chi connectivity index (χ0n) is 45.3. The Bertz CT molecular complexity index is 3890. The van der Waals surface area contributed by atoms with Crippen LogP contribution in [0.1, 0.15) is 38.5 Å². The highest BCUT2D eigenvalue weighted by Crippen LogP contribution is 2.32. The van der Waals surface area contributed by atoms with Crippen molar-refractivity contribution in [1.29, 1.82) is 0 Å². The number of hydrogen-bond acceptors (Lipinski definition) is 17. The lowest BCUT2D eigenvalue weighted by atomic mass is 10.1. The van der Waals surface area contributed by atoms with Gasteiger partial charge in [0, 0.05) is 60.6 Å². The number of nitrogens with one attached hydrogen (secondary N) is 1. The lowest BCUT2D eigenvalue weighted by Crippen LogP contribution is -2.35. The predicted octanol–water partition coefficient (Wildman–Crippen LogP) is 12.4. The monoisotopic (exact) mass is 1170 g/mol. The van der Waals surface area contributed by atoms with Crippen LogP contribution < -0.4 is 40.2 Å². The first kappa shape index (κ1) is 56.2. The van der Waals surface area contributed by atoms with Crippen LogP contribution in [0.4, 0.5) is 23.4 Å². The molecule has 0 unspecified atom stereocenters. The Morgan fingerprint density at radius 3 is 1.36 bits per heavy atom. The van der Waals surface area contributed by atoms with Gasteiger partial charge < -0.3 is 28.9 Å². The Morgan fingerprint density at radius 1 is 0.470 bits per heavy atom. The van der Waals surface area contributed by atoms with Crippen molar-refractivity contribution in [2.24, 2.45) is 5.84 Å². The summed E-state index contributed by atoms with van der Waals surface area (Å²) in [6.07, 6.45) is 15.2. The second kappa shape index (κ2) is 27.4. The minimum absolute atomic E-state index is 0.178. The summed E-state index contributed by atoms with van der Waals surface area (Å²) in [4.78, 5) is 35.5. The highest BCUT2D eigenvalue weighted by Gasteiger charge is 2.29. The lowest BCUT2D eigenvalue weighted by molar-refractivity contribution is 0.291. The molecule has 3 atom stereocenters. The number of hydrazine groups is 1. The number of nitrogens with two attached hydrogens (primary N) is 1. The van der Waals surface area contributed by atoms with Crippen LogP contribution in [0.25, 0.3) is 38.1 Å². The van der Waals surface area contributed by atoms with Gasteiger partial charge in [-0.2, -0.15) is 9.97 Å². The van der Waals surface area contributed by atoms with E-state index in [4.69, 9.17) is 54.9 Å². The second-order valence-corrected chi connectivity index (χ2v) is 20.9. The highest BCUT2D eigenvalue weighted by atomic mass is 35.5. The fourth-order valence-electron chi connectivity index (χ4n) is 10.7. The largest absolute Gasteiger partial charge is 0.491 e. The van der Waals surface area contributed by atoms with E-state index in [0.29, 0.717) is 54.8 Å². The third kappa shape index (κ3) is 14.2. The molecule has 14 rings (SSSR count). The molecule has 0 amide bonds. The maximum absolute atomic E-state index is 6.22. The summed E-state index contributed by atoms with van der Waals surface area (Å²) >= 11 is 16.7. The molecule has 3 fully saturated rings. The molecule has 0 radical (unpaired) electrons. The molecule has 3 N–H and O–H groups in total. The van der Waals surface area contributed by atoms with Crippen LogP contribution in [0.3, 0.4) is 0 Å². The van der Waals surface area contributed by atoms with Crippen molar-refractivity contribution >= 4 is 96.3 Å². The smallest absolute Gasteiger partial charge is 0.256 e. The molecular weight excluding hydrogens is 1110 g/mol. The Labute approximate surface area is 495 Å². The molecule has 6 aromatic carbocycles. The Balaban J connectivity index is 0.000000122. The van der Waals surface area contributed by atoms with Crippen LogP contribution in [-0.2, 0) is 0 Å². The first-order chi connectivity index (χ1) is 40.8. The van der Waals surface area contributed by atoms with E-state index in [1.54, 1.807) is 24.8 Å². The van der Waals surface area contributed by atoms with Gasteiger partial charge in [0.05, 0.1) is 18.1 Å². The maximum atomic E-state index is 6.22. The third-order valence-corrected chi connectivity index (χ3v) is 15.3. The van der Waals surface area contributed by atoms with Gasteiger partial charge in [-0.15, -0.1) is 10.2 Å². The van der Waals surface area contributed by atoms with E-state index in [0.717, 1.165) is 109 Å². The molecule has 83 heavy (non-hydrogen) atoms. The number of nitrogen functional groups attached to an aromatic ring is 1. The summed E-state index contributed by atoms with van der Waals surface area (Å²) in [5.41, 5.74) is 2.50. The van der Waals surface area contributed by atoms with E-state index < -0.39 is 0 Å². The summed E-state index contributed by atoms with van der Waals surface area (Å²) in [7, 11) is 0. The molecule has 11 aromatic rings. The molecule has 3 saturated heterocycles. The molecule has 0 aliphatic carbocycles. The van der Waals surface area contributed by atoms with E-state index in [1.807, 2.05) is 89.5 Å². The zero-order chi connectivity index (χ0) is 56.7. The molecule has 0 saturated carbocycles. The topological polar surface area (TPSA) is 196 Å². The number of rotatable bonds is 13. The van der Waals surface area contributed by atoms with Gasteiger partial charge in [-0.05, 0) is 120 Å². The molecule has 3 aliphatic rings. The van der Waals surface area contributed by atoms with Gasteiger partial charge in [0.25, 0.3) is 5.78 Å². The van der Waals surface area contributed by atoms with Gasteiger partial charge in [-0.25, -0.2) is 30.8 Å². The number of halogens is 3. The van der Waals surface area contributed by atoms with Crippen LogP contribution in [-0.4, -0.2) is 107 Å². The maximum Gasteiger partial charge on any atom is 0.256 e. The van der Waals surface area contributed by atoms with Crippen molar-refractivity contribution in [3.8, 4) is 17.2 Å². The minimum Gasteiger partial charge on any atom is -0.491 e. The van der Waals surface area contributed by atoms with Crippen LogP contribution >= 0.6 is 34.8 Å². The molecule has 0 bridgehead atoms. The van der Waals surface area contributed by atoms with Crippen molar-refractivity contribution < 1.29 is 14.2 Å². The van der Waals surface area contributed by atoms with Gasteiger partial charge in [0.15, 0.2) is 0 Å². The molecule has 0 spiro atoms. The molecule has 18 nitrogen and oxygen atoms in total. The van der Waals surface area contributed by atoms with Crippen molar-refractivity contribution in [2.45, 2.75) is 56.7 Å². The van der Waals surface area contributed by atoms with Crippen LogP contribution in [0.15, 0.2) is 183 Å². The molecule has 8 heterocycles. The fourth-order valence-corrected chi connectivity index (χ4v) is 11.2. The average Bonchev–Trinajstić information content (AvgIpc) is 4.41. The van der Waals surface area contributed by atoms with Crippen LogP contribution in [0, 0.1) is 0 Å². The molecule has 21 heteroatoms. The first-order valence-corrected chi connectivity index (χ1v) is 28.7. The number of nitrogens with zero attached hydrogens (tertiary/aromatic N) is 13. The number of aromatic nitrogens is 10. The zero-order valence-corrected chi connectivity index (χ0v) is 47.6. The summed E-state index contributed by atoms with van der Waals surface area (Å²) in [6, 6.07) is 51.8. The van der Waals surface area contributed by atoms with Gasteiger partial charge in [0.2, 0.25) is 16.5 Å².